The van der Waals surface area contributed by atoms with Gasteiger partial charge in [0.1, 0.15) is 12.2 Å². The van der Waals surface area contributed by atoms with E-state index in [1.54, 1.807) is 27.9 Å². The van der Waals surface area contributed by atoms with Crippen molar-refractivity contribution in [2.24, 2.45) is 0 Å². The Balaban J connectivity index is 1.52. The fourth-order valence-corrected chi connectivity index (χ4v) is 5.28. The second kappa shape index (κ2) is 9.62. The summed E-state index contributed by atoms with van der Waals surface area (Å²) in [6, 6.07) is 17.1. The maximum Gasteiger partial charge on any atom is 0.331 e. The minimum Gasteiger partial charge on any atom is -0.504 e. The zero-order valence-electron chi connectivity index (χ0n) is 20.7. The Morgan fingerprint density at radius 3 is 2.57 bits per heavy atom. The van der Waals surface area contributed by atoms with Gasteiger partial charge in [0.2, 0.25) is 11.8 Å². The van der Waals surface area contributed by atoms with Gasteiger partial charge in [0.25, 0.3) is 0 Å². The predicted octanol–water partition coefficient (Wildman–Crippen LogP) is 1.86. The monoisotopic (exact) mass is 503 g/mol. The maximum absolute atomic E-state index is 13.9. The van der Waals surface area contributed by atoms with Crippen LogP contribution in [0.2, 0.25) is 0 Å². The van der Waals surface area contributed by atoms with E-state index in [2.05, 4.69) is 5.32 Å². The van der Waals surface area contributed by atoms with Crippen LogP contribution in [0, 0.1) is 0 Å². The molecule has 4 amide bonds. The molecule has 2 atom stereocenters. The van der Waals surface area contributed by atoms with Gasteiger partial charge >= 0.3 is 6.03 Å². The third-order valence-corrected chi connectivity index (χ3v) is 7.17. The van der Waals surface area contributed by atoms with E-state index in [1.807, 2.05) is 42.5 Å². The Labute approximate surface area is 214 Å². The molecular formula is C27H29N5O5. The number of benzene rings is 3. The van der Waals surface area contributed by atoms with Crippen LogP contribution in [0.4, 0.5) is 4.79 Å². The highest BCUT2D eigenvalue weighted by molar-refractivity contribution is 5.92. The number of phenolic OH excluding ortho intramolecular Hbond substituents is 2. The van der Waals surface area contributed by atoms with Crippen LogP contribution in [0.5, 0.6) is 11.5 Å². The lowest BCUT2D eigenvalue weighted by atomic mass is 9.98. The number of hydrogen-bond acceptors (Lipinski definition) is 6. The molecule has 10 heteroatoms. The molecule has 3 N–H and O–H groups in total. The van der Waals surface area contributed by atoms with Crippen LogP contribution in [0.25, 0.3) is 10.8 Å². The molecule has 2 heterocycles. The smallest absolute Gasteiger partial charge is 0.331 e. The topological polar surface area (TPSA) is 117 Å². The Morgan fingerprint density at radius 1 is 1.05 bits per heavy atom. The van der Waals surface area contributed by atoms with Gasteiger partial charge in [-0.1, -0.05) is 48.5 Å². The van der Waals surface area contributed by atoms with Crippen LogP contribution < -0.4 is 5.32 Å². The van der Waals surface area contributed by atoms with Crippen molar-refractivity contribution in [3.05, 3.63) is 71.8 Å². The minimum atomic E-state index is -0.840. The van der Waals surface area contributed by atoms with Gasteiger partial charge in [-0.15, -0.1) is 0 Å². The number of amides is 4. The van der Waals surface area contributed by atoms with Gasteiger partial charge in [0.15, 0.2) is 11.5 Å². The van der Waals surface area contributed by atoms with E-state index >= 15 is 0 Å². The van der Waals surface area contributed by atoms with E-state index in [1.165, 1.54) is 24.2 Å². The Morgan fingerprint density at radius 2 is 1.81 bits per heavy atom. The molecule has 0 aromatic heterocycles. The second-order valence-electron chi connectivity index (χ2n) is 9.36. The number of rotatable bonds is 5. The van der Waals surface area contributed by atoms with Crippen LogP contribution in [-0.2, 0) is 22.6 Å². The number of piperazine rings is 1. The first-order chi connectivity index (χ1) is 17.8. The molecule has 2 saturated heterocycles. The van der Waals surface area contributed by atoms with Crippen molar-refractivity contribution in [2.45, 2.75) is 25.2 Å². The molecule has 3 aromatic rings. The number of fused-ring (bicyclic) bond motifs is 2. The normalized spacial score (nSPS) is 19.8. The molecule has 0 spiro atoms. The average Bonchev–Trinajstić information content (AvgIpc) is 3.23. The average molecular weight is 504 g/mol. The fraction of sp³-hybridized carbons (Fsp3) is 0.296. The van der Waals surface area contributed by atoms with Crippen LogP contribution in [0.15, 0.2) is 60.7 Å². The van der Waals surface area contributed by atoms with E-state index < -0.39 is 12.2 Å². The quantitative estimate of drug-likeness (QED) is 0.458. The summed E-state index contributed by atoms with van der Waals surface area (Å²) in [4.78, 5) is 42.8. The number of hydrogen-bond donors (Lipinski definition) is 3. The van der Waals surface area contributed by atoms with Gasteiger partial charge in [-0.25, -0.2) is 4.79 Å². The molecular weight excluding hydrogens is 474 g/mol. The molecule has 37 heavy (non-hydrogen) atoms. The van der Waals surface area contributed by atoms with Gasteiger partial charge in [0, 0.05) is 27.1 Å². The highest BCUT2D eigenvalue weighted by Crippen LogP contribution is 2.32. The highest BCUT2D eigenvalue weighted by atomic mass is 16.3. The van der Waals surface area contributed by atoms with Crippen molar-refractivity contribution < 1.29 is 24.6 Å². The molecule has 192 valence electrons. The van der Waals surface area contributed by atoms with Crippen LogP contribution in [0.3, 0.4) is 0 Å². The van der Waals surface area contributed by atoms with Gasteiger partial charge in [-0.05, 0) is 34.0 Å². The number of aromatic hydroxyl groups is 2. The summed E-state index contributed by atoms with van der Waals surface area (Å²) in [6.07, 6.45) is -0.392. The predicted molar refractivity (Wildman–Crippen MR) is 136 cm³/mol. The van der Waals surface area contributed by atoms with Gasteiger partial charge in [-0.2, -0.15) is 5.01 Å². The standard InChI is InChI=1S/C27H29N5O5/c1-28-27(37)29(2)31-16-25(35)32-21(12-17-10-11-22(33)23(34)13-17)26(36)30(15-24(31)32)14-19-8-5-7-18-6-3-4-9-20(18)19/h3-11,13,21,24,33-34H,12,14-16H2,1-2H3,(H,28,37)/t21-,24+/m0/s1. The zero-order chi connectivity index (χ0) is 26.3. The Hall–Kier alpha value is -4.31. The van der Waals surface area contributed by atoms with E-state index in [4.69, 9.17) is 0 Å². The Bertz CT molecular complexity index is 1370. The van der Waals surface area contributed by atoms with Gasteiger partial charge < -0.3 is 25.3 Å². The largest absolute Gasteiger partial charge is 0.504 e. The van der Waals surface area contributed by atoms with Crippen molar-refractivity contribution in [1.82, 2.24) is 25.1 Å². The SMILES string of the molecule is CNC(=O)N(C)N1CC(=O)N2[C@@H](Cc3ccc(O)c(O)c3)C(=O)N(Cc3cccc4ccccc34)C[C@@H]21. The molecule has 3 aromatic carbocycles. The lowest BCUT2D eigenvalue weighted by Gasteiger charge is -2.45. The van der Waals surface area contributed by atoms with E-state index in [0.29, 0.717) is 12.1 Å². The summed E-state index contributed by atoms with van der Waals surface area (Å²) in [6.45, 7) is 0.529. The first-order valence-corrected chi connectivity index (χ1v) is 12.1. The number of phenols is 2. The highest BCUT2D eigenvalue weighted by Gasteiger charge is 2.51. The number of nitrogens with zero attached hydrogens (tertiary/aromatic N) is 4. The number of nitrogens with one attached hydrogen (secondary N) is 1. The molecule has 10 nitrogen and oxygen atoms in total. The first kappa shape index (κ1) is 24.4. The fourth-order valence-electron chi connectivity index (χ4n) is 5.28. The van der Waals surface area contributed by atoms with E-state index in [-0.39, 0.29) is 48.9 Å². The lowest BCUT2D eigenvalue weighted by Crippen LogP contribution is -2.65. The van der Waals surface area contributed by atoms with Gasteiger partial charge in [-0.3, -0.25) is 14.6 Å². The van der Waals surface area contributed by atoms with Crippen LogP contribution in [0.1, 0.15) is 11.1 Å². The molecule has 0 unspecified atom stereocenters. The van der Waals surface area contributed by atoms with Crippen molar-refractivity contribution in [1.29, 1.82) is 0 Å². The van der Waals surface area contributed by atoms with Crippen LogP contribution in [-0.4, -0.2) is 87.3 Å². The second-order valence-corrected chi connectivity index (χ2v) is 9.36. The summed E-state index contributed by atoms with van der Waals surface area (Å²) in [7, 11) is 3.11. The minimum absolute atomic E-state index is 0.0404. The third-order valence-electron chi connectivity index (χ3n) is 7.17. The summed E-state index contributed by atoms with van der Waals surface area (Å²) < 4.78 is 0. The number of carbonyl (C=O) groups excluding carboxylic acids is 3. The zero-order valence-corrected chi connectivity index (χ0v) is 20.7. The molecule has 2 aliphatic heterocycles. The molecule has 0 bridgehead atoms. The lowest BCUT2D eigenvalue weighted by molar-refractivity contribution is -0.157. The van der Waals surface area contributed by atoms with Crippen molar-refractivity contribution in [3.8, 4) is 11.5 Å². The first-order valence-electron chi connectivity index (χ1n) is 12.1. The number of urea groups is 1. The van der Waals surface area contributed by atoms with Gasteiger partial charge in [0.05, 0.1) is 13.1 Å². The number of carbonyl (C=O) groups is 3. The van der Waals surface area contributed by atoms with Crippen molar-refractivity contribution >= 4 is 28.6 Å². The maximum atomic E-state index is 13.9. The van der Waals surface area contributed by atoms with E-state index in [0.717, 1.165) is 16.3 Å². The molecule has 0 saturated carbocycles. The molecule has 2 aliphatic rings. The molecule has 0 aliphatic carbocycles. The van der Waals surface area contributed by atoms with Crippen molar-refractivity contribution in [2.75, 3.05) is 27.2 Å². The summed E-state index contributed by atoms with van der Waals surface area (Å²) in [5.74, 6) is -1.02. The Kier molecular flexibility index (Phi) is 6.34. The summed E-state index contributed by atoms with van der Waals surface area (Å²) >= 11 is 0. The van der Waals surface area contributed by atoms with Crippen molar-refractivity contribution in [3.63, 3.8) is 0 Å². The van der Waals surface area contributed by atoms with E-state index in [9.17, 15) is 24.6 Å². The molecule has 5 rings (SSSR count). The number of hydrazine groups is 1. The summed E-state index contributed by atoms with van der Waals surface area (Å²) in [5, 5.41) is 27.5. The molecule has 0 radical (unpaired) electrons. The third kappa shape index (κ3) is 4.40. The molecule has 2 fully saturated rings. The van der Waals surface area contributed by atoms with Crippen LogP contribution >= 0.6 is 0 Å². The summed E-state index contributed by atoms with van der Waals surface area (Å²) in [5.41, 5.74) is 1.58.